The SMILES string of the molecule is Fc1cccnc1[C@@H](C1CCOCC1)n1c2cc(Br)cnc2c2c(Cl)cncc21. The Morgan fingerprint density at radius 1 is 1.17 bits per heavy atom. The summed E-state index contributed by atoms with van der Waals surface area (Å²) >= 11 is 10.0. The number of nitrogens with zero attached hydrogens (tertiary/aromatic N) is 4. The summed E-state index contributed by atoms with van der Waals surface area (Å²) in [5.41, 5.74) is 2.87. The molecule has 0 N–H and O–H groups in total. The van der Waals surface area contributed by atoms with E-state index in [-0.39, 0.29) is 17.8 Å². The average molecular weight is 476 g/mol. The van der Waals surface area contributed by atoms with Crippen LogP contribution < -0.4 is 0 Å². The number of halogens is 3. The molecule has 1 fully saturated rings. The Balaban J connectivity index is 1.87. The van der Waals surface area contributed by atoms with Crippen molar-refractivity contribution in [2.75, 3.05) is 13.2 Å². The van der Waals surface area contributed by atoms with Gasteiger partial charge in [0.05, 0.1) is 39.5 Å². The van der Waals surface area contributed by atoms with E-state index in [2.05, 4.69) is 35.4 Å². The summed E-state index contributed by atoms with van der Waals surface area (Å²) in [7, 11) is 0. The second kappa shape index (κ2) is 7.63. The highest BCUT2D eigenvalue weighted by atomic mass is 79.9. The van der Waals surface area contributed by atoms with Gasteiger partial charge in [0.2, 0.25) is 0 Å². The molecule has 8 heteroatoms. The second-order valence-electron chi connectivity index (χ2n) is 7.17. The summed E-state index contributed by atoms with van der Waals surface area (Å²) < 4.78 is 23.5. The third kappa shape index (κ3) is 3.21. The summed E-state index contributed by atoms with van der Waals surface area (Å²) in [6.07, 6.45) is 8.40. The first-order valence-corrected chi connectivity index (χ1v) is 10.6. The molecule has 4 aromatic rings. The van der Waals surface area contributed by atoms with E-state index in [1.807, 2.05) is 6.07 Å². The van der Waals surface area contributed by atoms with Gasteiger partial charge in [0, 0.05) is 41.7 Å². The molecule has 1 aliphatic heterocycles. The van der Waals surface area contributed by atoms with Crippen molar-refractivity contribution < 1.29 is 9.13 Å². The third-order valence-electron chi connectivity index (χ3n) is 5.53. The number of ether oxygens (including phenoxy) is 1. The monoisotopic (exact) mass is 474 g/mol. The van der Waals surface area contributed by atoms with Crippen molar-refractivity contribution in [3.63, 3.8) is 0 Å². The van der Waals surface area contributed by atoms with Crippen LogP contribution in [0.25, 0.3) is 21.9 Å². The van der Waals surface area contributed by atoms with Crippen molar-refractivity contribution in [2.45, 2.75) is 18.9 Å². The molecule has 1 aliphatic rings. The Bertz CT molecular complexity index is 1210. The molecule has 0 unspecified atom stereocenters. The summed E-state index contributed by atoms with van der Waals surface area (Å²) in [4.78, 5) is 13.4. The van der Waals surface area contributed by atoms with E-state index in [0.717, 1.165) is 39.3 Å². The van der Waals surface area contributed by atoms with Gasteiger partial charge in [0.1, 0.15) is 5.82 Å². The molecule has 4 aromatic heterocycles. The maximum Gasteiger partial charge on any atom is 0.146 e. The maximum absolute atomic E-state index is 15.0. The zero-order chi connectivity index (χ0) is 20.0. The Kier molecular flexibility index (Phi) is 4.97. The van der Waals surface area contributed by atoms with Crippen molar-refractivity contribution in [2.24, 2.45) is 5.92 Å². The first kappa shape index (κ1) is 18.9. The molecule has 5 heterocycles. The van der Waals surface area contributed by atoms with Crippen LogP contribution in [0, 0.1) is 11.7 Å². The quantitative estimate of drug-likeness (QED) is 0.390. The van der Waals surface area contributed by atoms with Crippen LogP contribution in [0.15, 0.2) is 47.5 Å². The van der Waals surface area contributed by atoms with E-state index in [9.17, 15) is 4.39 Å². The van der Waals surface area contributed by atoms with E-state index in [0.29, 0.717) is 23.9 Å². The number of aromatic nitrogens is 4. The van der Waals surface area contributed by atoms with Crippen LogP contribution >= 0.6 is 27.5 Å². The van der Waals surface area contributed by atoms with Gasteiger partial charge in [-0.2, -0.15) is 0 Å². The van der Waals surface area contributed by atoms with Gasteiger partial charge < -0.3 is 9.30 Å². The lowest BCUT2D eigenvalue weighted by atomic mass is 9.88. The number of pyridine rings is 3. The predicted octanol–water partition coefficient (Wildman–Crippen LogP) is 5.55. The highest BCUT2D eigenvalue weighted by Gasteiger charge is 2.33. The van der Waals surface area contributed by atoms with Crippen LogP contribution in [0.5, 0.6) is 0 Å². The lowest BCUT2D eigenvalue weighted by Gasteiger charge is -2.32. The summed E-state index contributed by atoms with van der Waals surface area (Å²) in [6.45, 7) is 1.29. The van der Waals surface area contributed by atoms with Crippen molar-refractivity contribution >= 4 is 49.5 Å². The van der Waals surface area contributed by atoms with E-state index >= 15 is 0 Å². The highest BCUT2D eigenvalue weighted by Crippen LogP contribution is 2.42. The number of hydrogen-bond acceptors (Lipinski definition) is 4. The van der Waals surface area contributed by atoms with Gasteiger partial charge in [-0.15, -0.1) is 0 Å². The molecule has 0 radical (unpaired) electrons. The van der Waals surface area contributed by atoms with Gasteiger partial charge in [-0.05, 0) is 52.9 Å². The largest absolute Gasteiger partial charge is 0.381 e. The molecular formula is C21H17BrClFN4O. The summed E-state index contributed by atoms with van der Waals surface area (Å²) in [5.74, 6) is -0.165. The normalized spacial score (nSPS) is 16.5. The standard InChI is InChI=1S/C21H17BrClFN4O/c22-13-8-16-20(27-9-13)18-14(23)10-25-11-17(18)28(16)21(12-3-6-29-7-4-12)19-15(24)2-1-5-26-19/h1-2,5,8-12,21H,3-4,6-7H2/t21-/m1/s1. The molecule has 29 heavy (non-hydrogen) atoms. The van der Waals surface area contributed by atoms with E-state index in [4.69, 9.17) is 16.3 Å². The van der Waals surface area contributed by atoms with Crippen LogP contribution in [0.3, 0.4) is 0 Å². The highest BCUT2D eigenvalue weighted by molar-refractivity contribution is 9.10. The molecular weight excluding hydrogens is 459 g/mol. The minimum atomic E-state index is -0.323. The molecule has 0 bridgehead atoms. The van der Waals surface area contributed by atoms with Crippen LogP contribution in [-0.4, -0.2) is 32.7 Å². The fourth-order valence-corrected chi connectivity index (χ4v) is 4.84. The molecule has 5 rings (SSSR count). The smallest absolute Gasteiger partial charge is 0.146 e. The van der Waals surface area contributed by atoms with Crippen LogP contribution in [-0.2, 0) is 4.74 Å². The Labute approximate surface area is 180 Å². The molecule has 0 spiro atoms. The molecule has 1 saturated heterocycles. The van der Waals surface area contributed by atoms with Gasteiger partial charge in [-0.1, -0.05) is 11.6 Å². The van der Waals surface area contributed by atoms with Crippen molar-refractivity contribution in [1.82, 2.24) is 19.5 Å². The average Bonchev–Trinajstić information content (AvgIpc) is 3.05. The summed E-state index contributed by atoms with van der Waals surface area (Å²) in [6, 6.07) is 4.74. The fraction of sp³-hybridized carbons (Fsp3) is 0.286. The molecule has 148 valence electrons. The number of fused-ring (bicyclic) bond motifs is 3. The van der Waals surface area contributed by atoms with E-state index < -0.39 is 0 Å². The first-order valence-electron chi connectivity index (χ1n) is 9.42. The first-order chi connectivity index (χ1) is 14.1. The topological polar surface area (TPSA) is 52.8 Å². The lowest BCUT2D eigenvalue weighted by molar-refractivity contribution is 0.0543. The maximum atomic E-state index is 15.0. The molecule has 0 aromatic carbocycles. The number of hydrogen-bond donors (Lipinski definition) is 0. The molecule has 0 amide bonds. The molecule has 1 atom stereocenters. The molecule has 5 nitrogen and oxygen atoms in total. The van der Waals surface area contributed by atoms with Crippen molar-refractivity contribution in [3.8, 4) is 0 Å². The molecule has 0 aliphatic carbocycles. The van der Waals surface area contributed by atoms with Gasteiger partial charge in [-0.3, -0.25) is 15.0 Å². The predicted molar refractivity (Wildman–Crippen MR) is 114 cm³/mol. The van der Waals surface area contributed by atoms with E-state index in [1.165, 1.54) is 6.07 Å². The van der Waals surface area contributed by atoms with Crippen molar-refractivity contribution in [3.05, 3.63) is 64.0 Å². The number of rotatable bonds is 3. The van der Waals surface area contributed by atoms with Crippen LogP contribution in [0.1, 0.15) is 24.6 Å². The van der Waals surface area contributed by atoms with Gasteiger partial charge >= 0.3 is 0 Å². The fourth-order valence-electron chi connectivity index (χ4n) is 4.28. The minimum absolute atomic E-state index is 0.157. The zero-order valence-electron chi connectivity index (χ0n) is 15.4. The zero-order valence-corrected chi connectivity index (χ0v) is 17.7. The Morgan fingerprint density at radius 3 is 2.79 bits per heavy atom. The third-order valence-corrected chi connectivity index (χ3v) is 6.25. The minimum Gasteiger partial charge on any atom is -0.381 e. The van der Waals surface area contributed by atoms with Gasteiger partial charge in [0.25, 0.3) is 0 Å². The van der Waals surface area contributed by atoms with E-state index in [1.54, 1.807) is 30.9 Å². The molecule has 0 saturated carbocycles. The lowest BCUT2D eigenvalue weighted by Crippen LogP contribution is -2.28. The van der Waals surface area contributed by atoms with Crippen LogP contribution in [0.4, 0.5) is 4.39 Å². The van der Waals surface area contributed by atoms with Gasteiger partial charge in [0.15, 0.2) is 0 Å². The Morgan fingerprint density at radius 2 is 2.00 bits per heavy atom. The van der Waals surface area contributed by atoms with Crippen LogP contribution in [0.2, 0.25) is 5.02 Å². The van der Waals surface area contributed by atoms with Gasteiger partial charge in [-0.25, -0.2) is 4.39 Å². The second-order valence-corrected chi connectivity index (χ2v) is 8.49. The summed E-state index contributed by atoms with van der Waals surface area (Å²) in [5, 5.41) is 1.34. The van der Waals surface area contributed by atoms with Crippen molar-refractivity contribution in [1.29, 1.82) is 0 Å². The Hall–Kier alpha value is -2.09.